The first-order valence-corrected chi connectivity index (χ1v) is 12.8. The maximum atomic E-state index is 6.96. The van der Waals surface area contributed by atoms with Crippen molar-refractivity contribution in [2.24, 2.45) is 0 Å². The molecule has 0 heterocycles. The van der Waals surface area contributed by atoms with Crippen LogP contribution in [0.25, 0.3) is 5.57 Å². The lowest BCUT2D eigenvalue weighted by Gasteiger charge is -2.43. The van der Waals surface area contributed by atoms with E-state index in [2.05, 4.69) is 125 Å². The fourth-order valence-electron chi connectivity index (χ4n) is 4.21. The molecule has 0 radical (unpaired) electrons. The van der Waals surface area contributed by atoms with E-state index in [0.717, 1.165) is 19.4 Å². The Morgan fingerprint density at radius 2 is 1.23 bits per heavy atom. The van der Waals surface area contributed by atoms with Gasteiger partial charge in [0.15, 0.2) is 0 Å². The SMILES string of the molecule is C/C(=C/CCCO[Si](c1ccccc1)(c1ccccc1)C(C)(C)C)c1ccccc1. The van der Waals surface area contributed by atoms with Crippen LogP contribution in [0, 0.1) is 0 Å². The lowest BCUT2D eigenvalue weighted by molar-refractivity contribution is 0.293. The largest absolute Gasteiger partial charge is 0.407 e. The topological polar surface area (TPSA) is 9.23 Å². The highest BCUT2D eigenvalue weighted by Crippen LogP contribution is 2.36. The molecule has 0 aliphatic heterocycles. The summed E-state index contributed by atoms with van der Waals surface area (Å²) in [5, 5.41) is 2.73. The van der Waals surface area contributed by atoms with E-state index in [0.29, 0.717) is 0 Å². The summed E-state index contributed by atoms with van der Waals surface area (Å²) in [4.78, 5) is 0. The van der Waals surface area contributed by atoms with E-state index in [-0.39, 0.29) is 5.04 Å². The average molecular weight is 415 g/mol. The molecular formula is C28H34OSi. The number of rotatable bonds is 8. The van der Waals surface area contributed by atoms with E-state index < -0.39 is 8.32 Å². The number of hydrogen-bond donors (Lipinski definition) is 0. The van der Waals surface area contributed by atoms with Gasteiger partial charge in [-0.15, -0.1) is 0 Å². The maximum absolute atomic E-state index is 6.96. The maximum Gasteiger partial charge on any atom is 0.261 e. The van der Waals surface area contributed by atoms with Crippen LogP contribution in [-0.2, 0) is 4.43 Å². The van der Waals surface area contributed by atoms with Crippen LogP contribution in [-0.4, -0.2) is 14.9 Å². The Kier molecular flexibility index (Phi) is 7.46. The van der Waals surface area contributed by atoms with Crippen LogP contribution >= 0.6 is 0 Å². The summed E-state index contributed by atoms with van der Waals surface area (Å²) >= 11 is 0. The average Bonchev–Trinajstić information content (AvgIpc) is 2.77. The van der Waals surface area contributed by atoms with E-state index in [9.17, 15) is 0 Å². The van der Waals surface area contributed by atoms with Crippen LogP contribution < -0.4 is 10.4 Å². The van der Waals surface area contributed by atoms with E-state index in [1.807, 2.05) is 0 Å². The number of hydrogen-bond acceptors (Lipinski definition) is 1. The lowest BCUT2D eigenvalue weighted by atomic mass is 10.1. The zero-order chi connectivity index (χ0) is 21.5. The molecule has 3 aromatic carbocycles. The molecule has 1 nitrogen and oxygen atoms in total. The van der Waals surface area contributed by atoms with Gasteiger partial charge in [-0.2, -0.15) is 0 Å². The zero-order valence-corrected chi connectivity index (χ0v) is 19.8. The molecule has 0 aromatic heterocycles. The Hall–Kier alpha value is -2.42. The second-order valence-corrected chi connectivity index (χ2v) is 13.2. The highest BCUT2D eigenvalue weighted by Gasteiger charge is 2.49. The molecular weight excluding hydrogens is 380 g/mol. The van der Waals surface area contributed by atoms with Crippen molar-refractivity contribution in [2.45, 2.75) is 45.6 Å². The van der Waals surface area contributed by atoms with Crippen LogP contribution in [0.5, 0.6) is 0 Å². The number of unbranched alkanes of at least 4 members (excludes halogenated alkanes) is 1. The van der Waals surface area contributed by atoms with Gasteiger partial charge in [-0.3, -0.25) is 0 Å². The third-order valence-electron chi connectivity index (χ3n) is 5.76. The quantitative estimate of drug-likeness (QED) is 0.304. The Labute approximate surface area is 183 Å². The van der Waals surface area contributed by atoms with Gasteiger partial charge in [-0.25, -0.2) is 0 Å². The summed E-state index contributed by atoms with van der Waals surface area (Å²) in [6.45, 7) is 9.96. The second-order valence-electron chi connectivity index (χ2n) is 8.91. The molecule has 0 saturated heterocycles. The first kappa shape index (κ1) is 22.3. The van der Waals surface area contributed by atoms with Gasteiger partial charge in [0.25, 0.3) is 8.32 Å². The van der Waals surface area contributed by atoms with Gasteiger partial charge >= 0.3 is 0 Å². The van der Waals surface area contributed by atoms with Crippen LogP contribution in [0.4, 0.5) is 0 Å². The second kappa shape index (κ2) is 10.1. The van der Waals surface area contributed by atoms with Gasteiger partial charge in [-0.1, -0.05) is 118 Å². The minimum atomic E-state index is -2.41. The molecule has 156 valence electrons. The normalized spacial score (nSPS) is 12.7. The molecule has 0 aliphatic rings. The lowest BCUT2D eigenvalue weighted by Crippen LogP contribution is -2.66. The summed E-state index contributed by atoms with van der Waals surface area (Å²) < 4.78 is 6.96. The predicted molar refractivity (Wildman–Crippen MR) is 133 cm³/mol. The molecule has 0 atom stereocenters. The predicted octanol–water partition coefficient (Wildman–Crippen LogP) is 6.45. The highest BCUT2D eigenvalue weighted by molar-refractivity contribution is 6.99. The molecule has 2 heteroatoms. The van der Waals surface area contributed by atoms with Crippen molar-refractivity contribution < 1.29 is 4.43 Å². The Morgan fingerprint density at radius 1 is 0.767 bits per heavy atom. The molecule has 3 aromatic rings. The Morgan fingerprint density at radius 3 is 1.70 bits per heavy atom. The van der Waals surface area contributed by atoms with Gasteiger partial charge < -0.3 is 4.43 Å². The molecule has 0 unspecified atom stereocenters. The smallest absolute Gasteiger partial charge is 0.261 e. The van der Waals surface area contributed by atoms with Crippen molar-refractivity contribution >= 4 is 24.3 Å². The summed E-state index contributed by atoms with van der Waals surface area (Å²) in [5.41, 5.74) is 2.63. The minimum Gasteiger partial charge on any atom is -0.407 e. The van der Waals surface area contributed by atoms with Crippen LogP contribution in [0.3, 0.4) is 0 Å². The number of allylic oxidation sites excluding steroid dienone is 2. The standard InChI is InChI=1S/C28H34OSi/c1-24(25-17-8-5-9-18-25)16-14-15-23-29-30(28(2,3)4,26-19-10-6-11-20-26)27-21-12-7-13-22-27/h5-13,16-22H,14-15,23H2,1-4H3/b24-16-. The highest BCUT2D eigenvalue weighted by atomic mass is 28.4. The monoisotopic (exact) mass is 414 g/mol. The van der Waals surface area contributed by atoms with Crippen LogP contribution in [0.2, 0.25) is 5.04 Å². The van der Waals surface area contributed by atoms with Crippen molar-refractivity contribution in [1.29, 1.82) is 0 Å². The Bertz CT molecular complexity index is 885. The molecule has 0 spiro atoms. The summed E-state index contributed by atoms with van der Waals surface area (Å²) in [6, 6.07) is 32.4. The molecule has 30 heavy (non-hydrogen) atoms. The van der Waals surface area contributed by atoms with Crippen LogP contribution in [0.15, 0.2) is 97.1 Å². The van der Waals surface area contributed by atoms with E-state index in [1.165, 1.54) is 21.5 Å². The van der Waals surface area contributed by atoms with Gasteiger partial charge in [0.2, 0.25) is 0 Å². The fourth-order valence-corrected chi connectivity index (χ4v) is 8.81. The molecule has 3 rings (SSSR count). The molecule has 0 amide bonds. The molecule has 0 bridgehead atoms. The number of benzene rings is 3. The third-order valence-corrected chi connectivity index (χ3v) is 10.8. The first-order valence-electron chi connectivity index (χ1n) is 10.9. The first-order chi connectivity index (χ1) is 14.4. The van der Waals surface area contributed by atoms with Crippen molar-refractivity contribution in [3.05, 3.63) is 103 Å². The van der Waals surface area contributed by atoms with Crippen molar-refractivity contribution in [3.63, 3.8) is 0 Å². The van der Waals surface area contributed by atoms with Crippen molar-refractivity contribution in [3.8, 4) is 0 Å². The summed E-state index contributed by atoms with van der Waals surface area (Å²) in [5.74, 6) is 0. The molecule has 0 saturated carbocycles. The Balaban J connectivity index is 1.80. The van der Waals surface area contributed by atoms with E-state index in [1.54, 1.807) is 0 Å². The van der Waals surface area contributed by atoms with Crippen molar-refractivity contribution in [2.75, 3.05) is 6.61 Å². The third kappa shape index (κ3) is 5.00. The van der Waals surface area contributed by atoms with Gasteiger partial charge in [0.1, 0.15) is 0 Å². The van der Waals surface area contributed by atoms with Crippen molar-refractivity contribution in [1.82, 2.24) is 0 Å². The van der Waals surface area contributed by atoms with E-state index >= 15 is 0 Å². The summed E-state index contributed by atoms with van der Waals surface area (Å²) in [7, 11) is -2.41. The fraction of sp³-hybridized carbons (Fsp3) is 0.286. The minimum absolute atomic E-state index is 0.0332. The molecule has 0 N–H and O–H groups in total. The van der Waals surface area contributed by atoms with Gasteiger partial charge in [0, 0.05) is 6.61 Å². The molecule has 0 aliphatic carbocycles. The summed E-state index contributed by atoms with van der Waals surface area (Å²) in [6.07, 6.45) is 4.39. The van der Waals surface area contributed by atoms with E-state index in [4.69, 9.17) is 4.43 Å². The van der Waals surface area contributed by atoms with Gasteiger partial charge in [-0.05, 0) is 46.3 Å². The van der Waals surface area contributed by atoms with Crippen LogP contribution in [0.1, 0.15) is 46.1 Å². The molecule has 0 fully saturated rings. The van der Waals surface area contributed by atoms with Gasteiger partial charge in [0.05, 0.1) is 0 Å². The zero-order valence-electron chi connectivity index (χ0n) is 18.8.